The summed E-state index contributed by atoms with van der Waals surface area (Å²) in [5.41, 5.74) is 6.18. The fraction of sp³-hybridized carbons (Fsp3) is 0.267. The Kier molecular flexibility index (Phi) is 3.33. The molecule has 3 rings (SSSR count). The number of nitrogen functional groups attached to an aromatic ring is 1. The Bertz CT molecular complexity index is 954. The summed E-state index contributed by atoms with van der Waals surface area (Å²) in [6.07, 6.45) is 0.387. The van der Waals surface area contributed by atoms with E-state index in [4.69, 9.17) is 11.0 Å². The molecule has 0 spiro atoms. The zero-order chi connectivity index (χ0) is 16.7. The Hall–Kier alpha value is -3.21. The zero-order valence-corrected chi connectivity index (χ0v) is 12.3. The van der Waals surface area contributed by atoms with Gasteiger partial charge in [-0.2, -0.15) is 5.26 Å². The summed E-state index contributed by atoms with van der Waals surface area (Å²) in [6, 6.07) is 4.04. The number of carbonyl (C=O) groups is 2. The van der Waals surface area contributed by atoms with E-state index < -0.39 is 17.5 Å². The van der Waals surface area contributed by atoms with Crippen LogP contribution >= 0.6 is 0 Å². The van der Waals surface area contributed by atoms with Gasteiger partial charge in [0, 0.05) is 12.1 Å². The summed E-state index contributed by atoms with van der Waals surface area (Å²) in [5, 5.41) is 11.4. The minimum atomic E-state index is -0.799. The molecule has 3 N–H and O–H groups in total. The van der Waals surface area contributed by atoms with Gasteiger partial charge in [0.1, 0.15) is 11.9 Å². The van der Waals surface area contributed by atoms with Crippen molar-refractivity contribution in [2.75, 3.05) is 5.73 Å². The van der Waals surface area contributed by atoms with Crippen LogP contribution in [0.2, 0.25) is 0 Å². The molecule has 8 nitrogen and oxygen atoms in total. The van der Waals surface area contributed by atoms with Crippen LogP contribution in [0.5, 0.6) is 0 Å². The molecule has 0 aliphatic carbocycles. The molecular weight excluding hydrogens is 298 g/mol. The topological polar surface area (TPSA) is 131 Å². The molecule has 1 fully saturated rings. The molecule has 1 aromatic carbocycles. The van der Waals surface area contributed by atoms with Crippen molar-refractivity contribution in [3.8, 4) is 6.07 Å². The van der Waals surface area contributed by atoms with E-state index in [9.17, 15) is 14.4 Å². The molecule has 8 heteroatoms. The fourth-order valence-corrected chi connectivity index (χ4v) is 2.83. The maximum Gasteiger partial charge on any atom is 0.264 e. The lowest BCUT2D eigenvalue weighted by molar-refractivity contribution is -0.135. The van der Waals surface area contributed by atoms with E-state index in [2.05, 4.69) is 10.3 Å². The normalized spacial score (nSPS) is 17.8. The van der Waals surface area contributed by atoms with Crippen LogP contribution in [0, 0.1) is 18.3 Å². The van der Waals surface area contributed by atoms with E-state index >= 15 is 0 Å². The number of nitrogens with one attached hydrogen (secondary N) is 1. The number of aryl methyl sites for hydroxylation is 1. The highest BCUT2D eigenvalue weighted by atomic mass is 16.2. The lowest BCUT2D eigenvalue weighted by Gasteiger charge is -2.24. The molecule has 116 valence electrons. The Morgan fingerprint density at radius 2 is 2.13 bits per heavy atom. The van der Waals surface area contributed by atoms with E-state index in [1.54, 1.807) is 6.92 Å². The highest BCUT2D eigenvalue weighted by Crippen LogP contribution is 2.23. The van der Waals surface area contributed by atoms with Gasteiger partial charge in [-0.25, -0.2) is 4.98 Å². The Morgan fingerprint density at radius 1 is 1.39 bits per heavy atom. The van der Waals surface area contributed by atoms with E-state index in [1.807, 2.05) is 6.07 Å². The number of nitriles is 1. The highest BCUT2D eigenvalue weighted by molar-refractivity contribution is 5.99. The van der Waals surface area contributed by atoms with Crippen molar-refractivity contribution in [2.24, 2.45) is 0 Å². The van der Waals surface area contributed by atoms with Gasteiger partial charge in [0.05, 0.1) is 22.5 Å². The molecule has 2 heterocycles. The third-order valence-corrected chi connectivity index (χ3v) is 3.86. The quantitative estimate of drug-likeness (QED) is 0.569. The van der Waals surface area contributed by atoms with Gasteiger partial charge in [0.25, 0.3) is 5.56 Å². The molecule has 2 aromatic rings. The fourth-order valence-electron chi connectivity index (χ4n) is 2.83. The molecule has 1 aliphatic rings. The Morgan fingerprint density at radius 3 is 2.78 bits per heavy atom. The number of nitrogens with two attached hydrogens (primary N) is 1. The summed E-state index contributed by atoms with van der Waals surface area (Å²) in [4.78, 5) is 40.4. The van der Waals surface area contributed by atoms with Gasteiger partial charge in [0.15, 0.2) is 0 Å². The molecule has 0 radical (unpaired) electrons. The van der Waals surface area contributed by atoms with Crippen LogP contribution in [0.4, 0.5) is 5.69 Å². The van der Waals surface area contributed by atoms with E-state index in [1.165, 1.54) is 16.7 Å². The number of amides is 2. The standard InChI is InChI=1S/C15H13N5O3/c1-7-18-10-5-8(6-16)4-9(17)13(10)15(23)20(7)11-2-3-12(21)19-14(11)22/h4-5,11H,2-3,17H2,1H3,(H,19,21,22)/t11-/m1/s1. The van der Waals surface area contributed by atoms with Crippen molar-refractivity contribution in [1.29, 1.82) is 5.26 Å². The van der Waals surface area contributed by atoms with E-state index in [0.717, 1.165) is 0 Å². The highest BCUT2D eigenvalue weighted by Gasteiger charge is 2.30. The SMILES string of the molecule is Cc1nc2cc(C#N)cc(N)c2c(=O)n1[C@@H]1CCC(=O)NC1=O. The Balaban J connectivity index is 2.25. The predicted octanol–water partition coefficient (Wildman–Crippen LogP) is 0.136. The Labute approximate surface area is 130 Å². The molecule has 1 saturated heterocycles. The van der Waals surface area contributed by atoms with Crippen molar-refractivity contribution in [1.82, 2.24) is 14.9 Å². The summed E-state index contributed by atoms with van der Waals surface area (Å²) in [6.45, 7) is 1.60. The average molecular weight is 311 g/mol. The summed E-state index contributed by atoms with van der Waals surface area (Å²) < 4.78 is 1.26. The third-order valence-electron chi connectivity index (χ3n) is 3.86. The minimum absolute atomic E-state index is 0.137. The largest absolute Gasteiger partial charge is 0.398 e. The zero-order valence-electron chi connectivity index (χ0n) is 12.3. The van der Waals surface area contributed by atoms with Gasteiger partial charge in [-0.1, -0.05) is 0 Å². The van der Waals surface area contributed by atoms with Crippen LogP contribution in [0.15, 0.2) is 16.9 Å². The molecule has 0 bridgehead atoms. The van der Waals surface area contributed by atoms with Gasteiger partial charge < -0.3 is 5.73 Å². The number of rotatable bonds is 1. The molecule has 1 aromatic heterocycles. The first-order valence-corrected chi connectivity index (χ1v) is 6.98. The molecule has 2 amide bonds. The van der Waals surface area contributed by atoms with Gasteiger partial charge in [0.2, 0.25) is 11.8 Å². The maximum atomic E-state index is 12.8. The van der Waals surface area contributed by atoms with E-state index in [0.29, 0.717) is 16.9 Å². The van der Waals surface area contributed by atoms with Gasteiger partial charge in [-0.15, -0.1) is 0 Å². The number of fused-ring (bicyclic) bond motifs is 1. The maximum absolute atomic E-state index is 12.8. The first-order valence-electron chi connectivity index (χ1n) is 6.98. The smallest absolute Gasteiger partial charge is 0.264 e. The van der Waals surface area contributed by atoms with Crippen molar-refractivity contribution >= 4 is 28.4 Å². The molecule has 23 heavy (non-hydrogen) atoms. The molecular formula is C15H13N5O3. The number of carbonyl (C=O) groups excluding carboxylic acids is 2. The first kappa shape index (κ1) is 14.7. The number of piperidine rings is 1. The number of imide groups is 1. The molecule has 1 aliphatic heterocycles. The second-order valence-corrected chi connectivity index (χ2v) is 5.37. The number of nitrogens with zero attached hydrogens (tertiary/aromatic N) is 3. The van der Waals surface area contributed by atoms with Crippen LogP contribution in [0.1, 0.15) is 30.3 Å². The van der Waals surface area contributed by atoms with Crippen LogP contribution in [0.3, 0.4) is 0 Å². The predicted molar refractivity (Wildman–Crippen MR) is 81.3 cm³/mol. The van der Waals surface area contributed by atoms with Gasteiger partial charge >= 0.3 is 0 Å². The number of hydrogen-bond donors (Lipinski definition) is 2. The number of anilines is 1. The number of aromatic nitrogens is 2. The first-order chi connectivity index (χ1) is 10.9. The van der Waals surface area contributed by atoms with Crippen LogP contribution < -0.4 is 16.6 Å². The summed E-state index contributed by atoms with van der Waals surface area (Å²) >= 11 is 0. The molecule has 0 unspecified atom stereocenters. The minimum Gasteiger partial charge on any atom is -0.398 e. The monoisotopic (exact) mass is 311 g/mol. The van der Waals surface area contributed by atoms with Gasteiger partial charge in [-0.3, -0.25) is 24.3 Å². The van der Waals surface area contributed by atoms with Crippen LogP contribution in [0.25, 0.3) is 10.9 Å². The van der Waals surface area contributed by atoms with E-state index in [-0.39, 0.29) is 29.8 Å². The lowest BCUT2D eigenvalue weighted by atomic mass is 10.0. The van der Waals surface area contributed by atoms with Crippen molar-refractivity contribution in [2.45, 2.75) is 25.8 Å². The summed E-state index contributed by atoms with van der Waals surface area (Å²) in [7, 11) is 0. The van der Waals surface area contributed by atoms with Crippen LogP contribution in [-0.4, -0.2) is 21.4 Å². The third kappa shape index (κ3) is 2.32. The molecule has 0 saturated carbocycles. The average Bonchev–Trinajstić information content (AvgIpc) is 2.48. The lowest BCUT2D eigenvalue weighted by Crippen LogP contribution is -2.45. The van der Waals surface area contributed by atoms with Crippen molar-refractivity contribution in [3.63, 3.8) is 0 Å². The van der Waals surface area contributed by atoms with Crippen molar-refractivity contribution < 1.29 is 9.59 Å². The van der Waals surface area contributed by atoms with Crippen LogP contribution in [-0.2, 0) is 9.59 Å². The number of hydrogen-bond acceptors (Lipinski definition) is 6. The number of benzene rings is 1. The van der Waals surface area contributed by atoms with Crippen molar-refractivity contribution in [3.05, 3.63) is 33.9 Å². The molecule has 1 atom stereocenters. The summed E-state index contributed by atoms with van der Waals surface area (Å²) in [5.74, 6) is -0.560. The second kappa shape index (κ2) is 5.21. The van der Waals surface area contributed by atoms with Gasteiger partial charge in [-0.05, 0) is 25.5 Å². The second-order valence-electron chi connectivity index (χ2n) is 5.37.